The van der Waals surface area contributed by atoms with Crippen molar-refractivity contribution < 1.29 is 58.6 Å². The third-order valence-electron chi connectivity index (χ3n) is 6.88. The summed E-state index contributed by atoms with van der Waals surface area (Å²) < 4.78 is 4.85. The first kappa shape index (κ1) is 26.7. The molecule has 2 fully saturated rings. The van der Waals surface area contributed by atoms with Gasteiger partial charge in [0.1, 0.15) is 17.2 Å². The Bertz CT molecular complexity index is 1220. The molecule has 3 aliphatic rings. The van der Waals surface area contributed by atoms with E-state index < -0.39 is 51.9 Å². The van der Waals surface area contributed by atoms with Gasteiger partial charge in [-0.1, -0.05) is 36.4 Å². The Balaban J connectivity index is 0.00000304. The molecule has 1 aliphatic carbocycles. The number of benzene rings is 2. The topological polar surface area (TPSA) is 116 Å². The van der Waals surface area contributed by atoms with E-state index in [0.29, 0.717) is 11.3 Å². The van der Waals surface area contributed by atoms with Gasteiger partial charge in [0.2, 0.25) is 11.8 Å². The van der Waals surface area contributed by atoms with Crippen LogP contribution in [0.1, 0.15) is 42.9 Å². The Labute approximate surface area is 235 Å². The fourth-order valence-corrected chi connectivity index (χ4v) is 6.81. The molecule has 2 saturated heterocycles. The SMILES string of the molecule is CC1(C)SC2C(NC(=O)C(C(=O)Oc3ccc4c(c3)CCC4)c3ccccc3)C(=O)N2C1C(=O)[O-].[Na+]. The molecule has 2 heterocycles. The van der Waals surface area contributed by atoms with Crippen LogP contribution in [0.3, 0.4) is 0 Å². The summed E-state index contributed by atoms with van der Waals surface area (Å²) in [6.07, 6.45) is 2.98. The van der Waals surface area contributed by atoms with Crippen LogP contribution in [0, 0.1) is 0 Å². The number of rotatable bonds is 6. The molecule has 4 unspecified atom stereocenters. The largest absolute Gasteiger partial charge is 1.00 e. The summed E-state index contributed by atoms with van der Waals surface area (Å²) in [5.74, 6) is -4.17. The summed E-state index contributed by atoms with van der Waals surface area (Å²) in [6.45, 7) is 3.45. The zero-order valence-corrected chi connectivity index (χ0v) is 23.2. The van der Waals surface area contributed by atoms with Crippen LogP contribution < -0.4 is 44.7 Å². The van der Waals surface area contributed by atoms with Gasteiger partial charge in [0.25, 0.3) is 0 Å². The molecule has 2 aromatic carbocycles. The molecule has 182 valence electrons. The normalized spacial score (nSPS) is 24.0. The monoisotopic (exact) mass is 516 g/mol. The first-order valence-corrected chi connectivity index (χ1v) is 12.4. The number of nitrogens with zero attached hydrogens (tertiary/aromatic N) is 1. The minimum atomic E-state index is -1.33. The van der Waals surface area contributed by atoms with Gasteiger partial charge in [0.05, 0.1) is 12.0 Å². The molecule has 10 heteroatoms. The van der Waals surface area contributed by atoms with E-state index in [2.05, 4.69) is 5.32 Å². The third-order valence-corrected chi connectivity index (χ3v) is 8.45. The predicted octanol–water partition coefficient (Wildman–Crippen LogP) is -1.83. The second-order valence-corrected chi connectivity index (χ2v) is 11.4. The second kappa shape index (κ2) is 10.2. The van der Waals surface area contributed by atoms with Crippen molar-refractivity contribution in [3.8, 4) is 5.75 Å². The van der Waals surface area contributed by atoms with Gasteiger partial charge in [0.15, 0.2) is 5.92 Å². The number of nitrogens with one attached hydrogen (secondary N) is 1. The van der Waals surface area contributed by atoms with Crippen molar-refractivity contribution in [3.05, 3.63) is 65.2 Å². The summed E-state index contributed by atoms with van der Waals surface area (Å²) in [6, 6.07) is 12.0. The molecule has 1 N–H and O–H groups in total. The number of aryl methyl sites for hydroxylation is 2. The van der Waals surface area contributed by atoms with Crippen molar-refractivity contribution in [1.82, 2.24) is 10.2 Å². The molecule has 4 atom stereocenters. The Morgan fingerprint density at radius 1 is 1.11 bits per heavy atom. The van der Waals surface area contributed by atoms with Crippen molar-refractivity contribution in [2.45, 2.75) is 61.2 Å². The number of hydrogen-bond acceptors (Lipinski definition) is 7. The van der Waals surface area contributed by atoms with Gasteiger partial charge in [-0.2, -0.15) is 0 Å². The van der Waals surface area contributed by atoms with E-state index in [1.807, 2.05) is 12.1 Å². The van der Waals surface area contributed by atoms with Gasteiger partial charge in [0, 0.05) is 4.75 Å². The van der Waals surface area contributed by atoms with E-state index in [1.54, 1.807) is 50.2 Å². The van der Waals surface area contributed by atoms with Gasteiger partial charge < -0.3 is 24.9 Å². The van der Waals surface area contributed by atoms with E-state index in [9.17, 15) is 24.3 Å². The Morgan fingerprint density at radius 3 is 2.50 bits per heavy atom. The van der Waals surface area contributed by atoms with Crippen LogP contribution in [0.5, 0.6) is 5.75 Å². The molecule has 36 heavy (non-hydrogen) atoms. The standard InChI is InChI=1S/C26H26N2O6S.Na/c1-26(2)20(24(31)32)28-22(30)19(23(28)35-26)27-21(29)18(15-7-4-3-5-8-15)25(33)34-17-12-11-14-9-6-10-16(14)13-17;/h3-5,7-8,11-13,18-20,23H,6,9-10H2,1-2H3,(H,27,29)(H,31,32);/q;+1/p-1. The summed E-state index contributed by atoms with van der Waals surface area (Å²) in [5.41, 5.74) is 2.81. The van der Waals surface area contributed by atoms with Crippen LogP contribution in [0.4, 0.5) is 0 Å². The maximum atomic E-state index is 13.4. The van der Waals surface area contributed by atoms with Gasteiger partial charge in [-0.15, -0.1) is 11.8 Å². The molecule has 2 amide bonds. The minimum absolute atomic E-state index is 0. The molecule has 2 aromatic rings. The molecule has 2 aliphatic heterocycles. The molecule has 0 saturated carbocycles. The van der Waals surface area contributed by atoms with Gasteiger partial charge >= 0.3 is 35.5 Å². The number of β-lactam (4-membered cyclic amide) rings is 1. The quantitative estimate of drug-likeness (QED) is 0.158. The maximum absolute atomic E-state index is 13.4. The van der Waals surface area contributed by atoms with Crippen LogP contribution >= 0.6 is 11.8 Å². The average Bonchev–Trinajstić information content (AvgIpc) is 3.38. The second-order valence-electron chi connectivity index (χ2n) is 9.61. The van der Waals surface area contributed by atoms with Crippen molar-refractivity contribution in [1.29, 1.82) is 0 Å². The predicted molar refractivity (Wildman–Crippen MR) is 126 cm³/mol. The summed E-state index contributed by atoms with van der Waals surface area (Å²) in [5, 5.41) is 13.8. The number of carboxylic acids is 1. The van der Waals surface area contributed by atoms with Crippen LogP contribution in [0.2, 0.25) is 0 Å². The number of carboxylic acid groups (broad SMARTS) is 1. The molecular formula is C26H25N2NaO6S. The van der Waals surface area contributed by atoms with E-state index >= 15 is 0 Å². The van der Waals surface area contributed by atoms with E-state index in [1.165, 1.54) is 22.2 Å². The summed E-state index contributed by atoms with van der Waals surface area (Å²) in [7, 11) is 0. The van der Waals surface area contributed by atoms with Crippen molar-refractivity contribution in [2.24, 2.45) is 0 Å². The number of carbonyl (C=O) groups is 4. The number of thioether (sulfide) groups is 1. The fraction of sp³-hybridized carbons (Fsp3) is 0.385. The summed E-state index contributed by atoms with van der Waals surface area (Å²) in [4.78, 5) is 52.3. The smallest absolute Gasteiger partial charge is 0.548 e. The molecule has 5 rings (SSSR count). The van der Waals surface area contributed by atoms with Crippen molar-refractivity contribution in [2.75, 3.05) is 0 Å². The Hall–Kier alpha value is -2.33. The van der Waals surface area contributed by atoms with Crippen molar-refractivity contribution in [3.63, 3.8) is 0 Å². The molecule has 0 bridgehead atoms. The van der Waals surface area contributed by atoms with E-state index in [-0.39, 0.29) is 29.6 Å². The molecule has 0 aromatic heterocycles. The third kappa shape index (κ3) is 4.69. The van der Waals surface area contributed by atoms with Crippen LogP contribution in [-0.4, -0.2) is 50.9 Å². The number of aliphatic carboxylic acids is 1. The number of ether oxygens (including phenoxy) is 1. The van der Waals surface area contributed by atoms with E-state index in [4.69, 9.17) is 4.74 Å². The van der Waals surface area contributed by atoms with Crippen LogP contribution in [0.25, 0.3) is 0 Å². The first-order valence-electron chi connectivity index (χ1n) is 11.6. The van der Waals surface area contributed by atoms with Gasteiger partial charge in [-0.3, -0.25) is 14.4 Å². The average molecular weight is 517 g/mol. The molecule has 0 spiro atoms. The Morgan fingerprint density at radius 2 is 1.81 bits per heavy atom. The number of hydrogen-bond donors (Lipinski definition) is 1. The molecule has 0 radical (unpaired) electrons. The van der Waals surface area contributed by atoms with Gasteiger partial charge in [-0.05, 0) is 61.9 Å². The zero-order valence-electron chi connectivity index (χ0n) is 20.4. The van der Waals surface area contributed by atoms with Crippen molar-refractivity contribution >= 4 is 35.5 Å². The first-order chi connectivity index (χ1) is 16.7. The number of esters is 1. The number of fused-ring (bicyclic) bond motifs is 2. The van der Waals surface area contributed by atoms with Crippen LogP contribution in [0.15, 0.2) is 48.5 Å². The maximum Gasteiger partial charge on any atom is 1.00 e. The van der Waals surface area contributed by atoms with E-state index in [0.717, 1.165) is 24.8 Å². The molecular weight excluding hydrogens is 491 g/mol. The minimum Gasteiger partial charge on any atom is -0.548 e. The molecule has 8 nitrogen and oxygen atoms in total. The number of amides is 2. The zero-order chi connectivity index (χ0) is 24.9. The number of carbonyl (C=O) groups excluding carboxylic acids is 4. The van der Waals surface area contributed by atoms with Gasteiger partial charge in [-0.25, -0.2) is 0 Å². The fourth-order valence-electron chi connectivity index (χ4n) is 5.19. The summed E-state index contributed by atoms with van der Waals surface area (Å²) >= 11 is 1.29. The Kier molecular flexibility index (Phi) is 7.57. The van der Waals surface area contributed by atoms with Crippen LogP contribution in [-0.2, 0) is 32.0 Å².